The fourth-order valence-electron chi connectivity index (χ4n) is 5.02. The van der Waals surface area contributed by atoms with Crippen molar-refractivity contribution >= 4 is 39.5 Å². The molecule has 5 rings (SSSR count). The summed E-state index contributed by atoms with van der Waals surface area (Å²) >= 11 is 6.22. The van der Waals surface area contributed by atoms with Gasteiger partial charge in [0.15, 0.2) is 0 Å². The lowest BCUT2D eigenvalue weighted by Gasteiger charge is -2.21. The maximum absolute atomic E-state index is 13.0. The van der Waals surface area contributed by atoms with Crippen molar-refractivity contribution in [1.29, 1.82) is 0 Å². The summed E-state index contributed by atoms with van der Waals surface area (Å²) in [5, 5.41) is 5.94. The maximum Gasteiger partial charge on any atom is 0.410 e. The van der Waals surface area contributed by atoms with Crippen LogP contribution >= 0.6 is 11.6 Å². The van der Waals surface area contributed by atoms with Crippen molar-refractivity contribution in [2.75, 3.05) is 6.54 Å². The van der Waals surface area contributed by atoms with E-state index in [1.54, 1.807) is 11.0 Å². The zero-order chi connectivity index (χ0) is 25.0. The molecule has 2 heterocycles. The highest BCUT2D eigenvalue weighted by Crippen LogP contribution is 2.46. The highest BCUT2D eigenvalue weighted by Gasteiger charge is 2.61. The van der Waals surface area contributed by atoms with Crippen molar-refractivity contribution in [2.24, 2.45) is 5.92 Å². The van der Waals surface area contributed by atoms with E-state index in [1.807, 2.05) is 19.1 Å². The number of carbonyl (C=O) groups is 3. The summed E-state index contributed by atoms with van der Waals surface area (Å²) in [7, 11) is -3.71. The third-order valence-corrected chi connectivity index (χ3v) is 9.58. The van der Waals surface area contributed by atoms with Gasteiger partial charge in [-0.2, -0.15) is 0 Å². The second-order valence-corrected chi connectivity index (χ2v) is 12.2. The molecule has 2 saturated carbocycles. The standard InChI is InChI=1S/C23H29ClN4O6S/c1-2-14-9-23(14,21(30)27-35(32,33)16-6-7-16)26-20(29)19-8-15(10-25-19)34-22(31)28-11-13-4-3-5-18(24)17(13)12-28/h3-5,14-16,19,25H,2,6-12H2,1H3,(H,26,29)(H,27,30). The largest absolute Gasteiger partial charge is 0.445 e. The molecule has 190 valence electrons. The monoisotopic (exact) mass is 524 g/mol. The lowest BCUT2D eigenvalue weighted by Crippen LogP contribution is -2.55. The van der Waals surface area contributed by atoms with Crippen molar-refractivity contribution in [3.8, 4) is 0 Å². The van der Waals surface area contributed by atoms with Gasteiger partial charge in [0.1, 0.15) is 11.6 Å². The number of rotatable bonds is 7. The van der Waals surface area contributed by atoms with Crippen LogP contribution in [0.15, 0.2) is 18.2 Å². The van der Waals surface area contributed by atoms with Crippen LogP contribution in [0.1, 0.15) is 50.2 Å². The van der Waals surface area contributed by atoms with Gasteiger partial charge in [-0.15, -0.1) is 0 Å². The first-order valence-corrected chi connectivity index (χ1v) is 13.9. The van der Waals surface area contributed by atoms with Crippen molar-refractivity contribution in [3.05, 3.63) is 34.3 Å². The molecule has 4 atom stereocenters. The fourth-order valence-corrected chi connectivity index (χ4v) is 6.64. The minimum absolute atomic E-state index is 0.125. The molecule has 2 aliphatic carbocycles. The number of benzene rings is 1. The Morgan fingerprint density at radius 1 is 1.26 bits per heavy atom. The van der Waals surface area contributed by atoms with Gasteiger partial charge < -0.3 is 15.4 Å². The summed E-state index contributed by atoms with van der Waals surface area (Å²) in [5.74, 6) is -1.20. The second kappa shape index (κ2) is 8.94. The first-order valence-electron chi connectivity index (χ1n) is 12.0. The van der Waals surface area contributed by atoms with Gasteiger partial charge in [-0.05, 0) is 42.4 Å². The molecule has 1 aromatic rings. The number of carbonyl (C=O) groups excluding carboxylic acids is 3. The Morgan fingerprint density at radius 2 is 2.03 bits per heavy atom. The summed E-state index contributed by atoms with van der Waals surface area (Å²) in [4.78, 5) is 40.1. The lowest BCUT2D eigenvalue weighted by atomic mass is 10.1. The first-order chi connectivity index (χ1) is 16.6. The van der Waals surface area contributed by atoms with E-state index in [9.17, 15) is 22.8 Å². The van der Waals surface area contributed by atoms with Gasteiger partial charge in [0.2, 0.25) is 15.9 Å². The van der Waals surface area contributed by atoms with Crippen LogP contribution in [-0.4, -0.2) is 60.7 Å². The molecule has 0 spiro atoms. The number of sulfonamides is 1. The molecule has 35 heavy (non-hydrogen) atoms. The molecule has 1 aromatic carbocycles. The molecular weight excluding hydrogens is 496 g/mol. The van der Waals surface area contributed by atoms with Crippen LogP contribution in [0.4, 0.5) is 4.79 Å². The Kier molecular flexibility index (Phi) is 6.21. The first kappa shape index (κ1) is 24.3. The van der Waals surface area contributed by atoms with Crippen LogP contribution in [-0.2, 0) is 37.4 Å². The molecule has 3 N–H and O–H groups in total. The van der Waals surface area contributed by atoms with Gasteiger partial charge in [0.05, 0.1) is 17.8 Å². The average molecular weight is 525 g/mol. The number of fused-ring (bicyclic) bond motifs is 1. The predicted molar refractivity (Wildman–Crippen MR) is 127 cm³/mol. The number of hydrogen-bond acceptors (Lipinski definition) is 7. The molecule has 0 aromatic heterocycles. The molecule has 0 radical (unpaired) electrons. The van der Waals surface area contributed by atoms with E-state index in [-0.39, 0.29) is 12.3 Å². The van der Waals surface area contributed by atoms with Crippen molar-refractivity contribution in [3.63, 3.8) is 0 Å². The zero-order valence-corrected chi connectivity index (χ0v) is 21.0. The summed E-state index contributed by atoms with van der Waals surface area (Å²) in [5.41, 5.74) is 0.679. The van der Waals surface area contributed by atoms with E-state index in [2.05, 4.69) is 15.4 Å². The minimum Gasteiger partial charge on any atom is -0.445 e. The Bertz CT molecular complexity index is 1170. The predicted octanol–water partition coefficient (Wildman–Crippen LogP) is 1.42. The van der Waals surface area contributed by atoms with Crippen LogP contribution in [0, 0.1) is 5.92 Å². The Hall–Kier alpha value is -2.37. The quantitative estimate of drug-likeness (QED) is 0.491. The van der Waals surface area contributed by atoms with Crippen molar-refractivity contribution < 1.29 is 27.5 Å². The average Bonchev–Trinajstić information content (AvgIpc) is 3.69. The third kappa shape index (κ3) is 4.73. The highest BCUT2D eigenvalue weighted by molar-refractivity contribution is 7.91. The molecule has 4 unspecified atom stereocenters. The number of nitrogens with one attached hydrogen (secondary N) is 3. The summed E-state index contributed by atoms with van der Waals surface area (Å²) in [6.45, 7) is 2.99. The van der Waals surface area contributed by atoms with E-state index in [4.69, 9.17) is 16.3 Å². The SMILES string of the molecule is CCC1CC1(NC(=O)C1CC(OC(=O)N2Cc3cccc(Cl)c3C2)CN1)C(=O)NS(=O)(=O)C1CC1. The van der Waals surface area contributed by atoms with Crippen LogP contribution in [0.2, 0.25) is 5.02 Å². The highest BCUT2D eigenvalue weighted by atomic mass is 35.5. The maximum atomic E-state index is 13.0. The van der Waals surface area contributed by atoms with Crippen molar-refractivity contribution in [1.82, 2.24) is 20.3 Å². The number of halogens is 1. The molecular formula is C23H29ClN4O6S. The van der Waals surface area contributed by atoms with E-state index < -0.39 is 50.9 Å². The van der Waals surface area contributed by atoms with E-state index >= 15 is 0 Å². The zero-order valence-electron chi connectivity index (χ0n) is 19.4. The molecule has 1 saturated heterocycles. The topological polar surface area (TPSA) is 134 Å². The number of hydrogen-bond donors (Lipinski definition) is 3. The molecule has 3 fully saturated rings. The molecule has 3 amide bonds. The third-order valence-electron chi connectivity index (χ3n) is 7.41. The fraction of sp³-hybridized carbons (Fsp3) is 0.609. The molecule has 10 nitrogen and oxygen atoms in total. The van der Waals surface area contributed by atoms with Gasteiger partial charge in [-0.25, -0.2) is 13.2 Å². The molecule has 2 aliphatic heterocycles. The van der Waals surface area contributed by atoms with Crippen LogP contribution in [0.3, 0.4) is 0 Å². The van der Waals surface area contributed by atoms with Crippen LogP contribution in [0.5, 0.6) is 0 Å². The van der Waals surface area contributed by atoms with Crippen molar-refractivity contribution in [2.45, 2.75) is 75.1 Å². The number of amides is 3. The van der Waals surface area contributed by atoms with E-state index in [0.717, 1.165) is 11.1 Å². The van der Waals surface area contributed by atoms with Gasteiger partial charge in [0, 0.05) is 24.5 Å². The van der Waals surface area contributed by atoms with Crippen LogP contribution < -0.4 is 15.4 Å². The van der Waals surface area contributed by atoms with Gasteiger partial charge >= 0.3 is 6.09 Å². The second-order valence-electron chi connectivity index (χ2n) is 9.88. The smallest absolute Gasteiger partial charge is 0.410 e. The van der Waals surface area contributed by atoms with E-state index in [1.165, 1.54) is 0 Å². The summed E-state index contributed by atoms with van der Waals surface area (Å²) < 4.78 is 32.3. The van der Waals surface area contributed by atoms with Crippen LogP contribution in [0.25, 0.3) is 0 Å². The van der Waals surface area contributed by atoms with E-state index in [0.29, 0.717) is 50.3 Å². The lowest BCUT2D eigenvalue weighted by molar-refractivity contribution is -0.130. The summed E-state index contributed by atoms with van der Waals surface area (Å²) in [6.07, 6.45) is 1.40. The van der Waals surface area contributed by atoms with Gasteiger partial charge in [0.25, 0.3) is 5.91 Å². The Morgan fingerprint density at radius 3 is 2.69 bits per heavy atom. The van der Waals surface area contributed by atoms with Gasteiger partial charge in [-0.1, -0.05) is 37.1 Å². The normalized spacial score (nSPS) is 29.4. The minimum atomic E-state index is -3.71. The summed E-state index contributed by atoms with van der Waals surface area (Å²) in [6, 6.07) is 4.91. The number of ether oxygens (including phenoxy) is 1. The molecule has 12 heteroatoms. The Labute approximate surface area is 209 Å². The number of nitrogens with zero attached hydrogens (tertiary/aromatic N) is 1. The Balaban J connectivity index is 1.15. The molecule has 4 aliphatic rings. The molecule has 0 bridgehead atoms. The van der Waals surface area contributed by atoms with Gasteiger partial charge in [-0.3, -0.25) is 19.2 Å².